The summed E-state index contributed by atoms with van der Waals surface area (Å²) in [7, 11) is 1.72. The summed E-state index contributed by atoms with van der Waals surface area (Å²) in [6.45, 7) is 3.04. The van der Waals surface area contributed by atoms with Gasteiger partial charge in [0.05, 0.1) is 17.7 Å². The van der Waals surface area contributed by atoms with Gasteiger partial charge in [-0.3, -0.25) is 34.2 Å². The minimum atomic E-state index is -1.10. The summed E-state index contributed by atoms with van der Waals surface area (Å²) >= 11 is 0. The van der Waals surface area contributed by atoms with E-state index in [9.17, 15) is 28.8 Å². The van der Waals surface area contributed by atoms with Gasteiger partial charge >= 0.3 is 6.03 Å². The van der Waals surface area contributed by atoms with Gasteiger partial charge in [-0.05, 0) is 42.7 Å². The summed E-state index contributed by atoms with van der Waals surface area (Å²) in [6, 6.07) is 10.5. The first kappa shape index (κ1) is 31.0. The Morgan fingerprint density at radius 1 is 1.02 bits per heavy atom. The number of urea groups is 1. The van der Waals surface area contributed by atoms with E-state index in [0.29, 0.717) is 18.8 Å². The molecule has 4 rings (SSSR count). The quantitative estimate of drug-likeness (QED) is 0.233. The number of nitrogens with one attached hydrogen (secondary N) is 3. The standard InChI is InChI=1S/C30H35N5O8/c1-3-4-13-32-30(41)34(2)17-19-7-5-8-20(16-19)42-15-14-31-25(37)18-43-23-10-6-9-21-26(23)29(40)35(28(21)39)22-11-12-24(36)33-27(22)38/h5-10,16,22H,3-4,11-15,17-18H2,1-2H3,(H,31,37)(H,32,41)(H,33,36,38). The molecule has 1 fully saturated rings. The number of amides is 7. The third-order valence-corrected chi connectivity index (χ3v) is 6.95. The normalized spacial score (nSPS) is 16.0. The molecular weight excluding hydrogens is 558 g/mol. The first-order chi connectivity index (χ1) is 20.7. The van der Waals surface area contributed by atoms with E-state index in [4.69, 9.17) is 9.47 Å². The maximum Gasteiger partial charge on any atom is 0.317 e. The number of hydrogen-bond acceptors (Lipinski definition) is 8. The van der Waals surface area contributed by atoms with Gasteiger partial charge in [0, 0.05) is 26.6 Å². The molecule has 0 aromatic heterocycles. The van der Waals surface area contributed by atoms with E-state index in [1.807, 2.05) is 18.2 Å². The highest BCUT2D eigenvalue weighted by Crippen LogP contribution is 2.33. The number of carbonyl (C=O) groups excluding carboxylic acids is 6. The van der Waals surface area contributed by atoms with Gasteiger partial charge in [0.1, 0.15) is 24.1 Å². The number of piperidine rings is 1. The maximum atomic E-state index is 13.1. The number of hydrogen-bond donors (Lipinski definition) is 3. The number of rotatable bonds is 13. The molecule has 1 atom stereocenters. The van der Waals surface area contributed by atoms with Crippen molar-refractivity contribution >= 4 is 35.6 Å². The minimum absolute atomic E-state index is 0.0117. The van der Waals surface area contributed by atoms with E-state index in [1.54, 1.807) is 18.0 Å². The van der Waals surface area contributed by atoms with Crippen molar-refractivity contribution in [2.24, 2.45) is 0 Å². The second-order valence-electron chi connectivity index (χ2n) is 10.2. The second kappa shape index (κ2) is 14.3. The molecule has 13 heteroatoms. The van der Waals surface area contributed by atoms with Crippen LogP contribution in [0.15, 0.2) is 42.5 Å². The summed E-state index contributed by atoms with van der Waals surface area (Å²) in [5, 5.41) is 7.69. The lowest BCUT2D eigenvalue weighted by atomic mass is 10.0. The zero-order valence-electron chi connectivity index (χ0n) is 24.1. The molecule has 0 spiro atoms. The fraction of sp³-hybridized carbons (Fsp3) is 0.400. The molecule has 0 radical (unpaired) electrons. The molecule has 2 aromatic rings. The summed E-state index contributed by atoms with van der Waals surface area (Å²) in [5.74, 6) is -2.39. The summed E-state index contributed by atoms with van der Waals surface area (Å²) in [6.07, 6.45) is 1.97. The Hall–Kier alpha value is -4.94. The average Bonchev–Trinajstić information content (AvgIpc) is 3.24. The van der Waals surface area contributed by atoms with Gasteiger partial charge in [-0.2, -0.15) is 0 Å². The highest BCUT2D eigenvalue weighted by atomic mass is 16.5. The molecule has 228 valence electrons. The van der Waals surface area contributed by atoms with Gasteiger partial charge in [-0.1, -0.05) is 31.5 Å². The lowest BCUT2D eigenvalue weighted by Crippen LogP contribution is -2.54. The molecule has 1 unspecified atom stereocenters. The lowest BCUT2D eigenvalue weighted by Gasteiger charge is -2.27. The molecule has 2 aromatic carbocycles. The van der Waals surface area contributed by atoms with E-state index < -0.39 is 42.2 Å². The molecule has 2 heterocycles. The van der Waals surface area contributed by atoms with E-state index in [-0.39, 0.29) is 48.9 Å². The smallest absolute Gasteiger partial charge is 0.317 e. The van der Waals surface area contributed by atoms with Crippen LogP contribution in [-0.4, -0.2) is 84.8 Å². The average molecular weight is 594 g/mol. The van der Waals surface area contributed by atoms with Crippen LogP contribution >= 0.6 is 0 Å². The topological polar surface area (TPSA) is 163 Å². The van der Waals surface area contributed by atoms with Crippen LogP contribution in [0.4, 0.5) is 4.79 Å². The Morgan fingerprint density at radius 3 is 2.58 bits per heavy atom. The monoisotopic (exact) mass is 593 g/mol. The van der Waals surface area contributed by atoms with E-state index in [1.165, 1.54) is 18.2 Å². The summed E-state index contributed by atoms with van der Waals surface area (Å²) in [5.41, 5.74) is 0.923. The van der Waals surface area contributed by atoms with Crippen molar-refractivity contribution in [3.05, 3.63) is 59.2 Å². The SMILES string of the molecule is CCCCNC(=O)N(C)Cc1cccc(OCCNC(=O)COc2cccc3c2C(=O)N(C2CCC(=O)NC2=O)C3=O)c1. The van der Waals surface area contributed by atoms with Crippen LogP contribution in [0.2, 0.25) is 0 Å². The van der Waals surface area contributed by atoms with Crippen molar-refractivity contribution in [1.82, 2.24) is 25.8 Å². The maximum absolute atomic E-state index is 13.1. The van der Waals surface area contributed by atoms with E-state index >= 15 is 0 Å². The zero-order chi connectivity index (χ0) is 30.9. The van der Waals surface area contributed by atoms with Gasteiger partial charge in [-0.15, -0.1) is 0 Å². The number of imide groups is 2. The van der Waals surface area contributed by atoms with Crippen LogP contribution in [0.25, 0.3) is 0 Å². The molecule has 13 nitrogen and oxygen atoms in total. The van der Waals surface area contributed by atoms with Crippen molar-refractivity contribution in [3.63, 3.8) is 0 Å². The van der Waals surface area contributed by atoms with Gasteiger partial charge in [0.2, 0.25) is 11.8 Å². The summed E-state index contributed by atoms with van der Waals surface area (Å²) in [4.78, 5) is 76.9. The number of ether oxygens (including phenoxy) is 2. The predicted molar refractivity (Wildman–Crippen MR) is 153 cm³/mol. The third kappa shape index (κ3) is 7.67. The van der Waals surface area contributed by atoms with Crippen molar-refractivity contribution in [2.45, 2.75) is 45.2 Å². The molecule has 1 saturated heterocycles. The molecule has 0 saturated carbocycles. The Bertz CT molecular complexity index is 1410. The van der Waals surface area contributed by atoms with Crippen LogP contribution < -0.4 is 25.4 Å². The molecule has 2 aliphatic rings. The molecule has 2 aliphatic heterocycles. The number of carbonyl (C=O) groups is 6. The Balaban J connectivity index is 1.23. The van der Waals surface area contributed by atoms with Crippen molar-refractivity contribution in [2.75, 3.05) is 33.4 Å². The van der Waals surface area contributed by atoms with Crippen LogP contribution in [0.1, 0.15) is 58.9 Å². The zero-order valence-corrected chi connectivity index (χ0v) is 24.1. The molecule has 0 aliphatic carbocycles. The van der Waals surface area contributed by atoms with Crippen LogP contribution in [0, 0.1) is 0 Å². The van der Waals surface area contributed by atoms with Gasteiger partial charge < -0.3 is 25.0 Å². The number of fused-ring (bicyclic) bond motifs is 1. The molecule has 0 bridgehead atoms. The highest BCUT2D eigenvalue weighted by molar-refractivity contribution is 6.24. The fourth-order valence-electron chi connectivity index (χ4n) is 4.74. The van der Waals surface area contributed by atoms with Crippen molar-refractivity contribution in [1.29, 1.82) is 0 Å². The first-order valence-corrected chi connectivity index (χ1v) is 14.1. The van der Waals surface area contributed by atoms with E-state index in [2.05, 4.69) is 22.9 Å². The molecule has 3 N–H and O–H groups in total. The van der Waals surface area contributed by atoms with Crippen LogP contribution in [-0.2, 0) is 20.9 Å². The molecular formula is C30H35N5O8. The molecule has 7 amide bonds. The van der Waals surface area contributed by atoms with Gasteiger partial charge in [0.15, 0.2) is 6.61 Å². The Labute approximate surface area is 248 Å². The lowest BCUT2D eigenvalue weighted by molar-refractivity contribution is -0.136. The molecule has 43 heavy (non-hydrogen) atoms. The van der Waals surface area contributed by atoms with Gasteiger partial charge in [-0.25, -0.2) is 4.79 Å². The predicted octanol–water partition coefficient (Wildman–Crippen LogP) is 1.60. The minimum Gasteiger partial charge on any atom is -0.492 e. The Morgan fingerprint density at radius 2 is 1.81 bits per heavy atom. The fourth-order valence-corrected chi connectivity index (χ4v) is 4.74. The Kier molecular flexibility index (Phi) is 10.3. The van der Waals surface area contributed by atoms with Crippen LogP contribution in [0.5, 0.6) is 11.5 Å². The number of benzene rings is 2. The van der Waals surface area contributed by atoms with Crippen LogP contribution in [0.3, 0.4) is 0 Å². The number of unbranched alkanes of at least 4 members (excludes halogenated alkanes) is 1. The number of nitrogens with zero attached hydrogens (tertiary/aromatic N) is 2. The van der Waals surface area contributed by atoms with Crippen molar-refractivity contribution < 1.29 is 38.2 Å². The largest absolute Gasteiger partial charge is 0.492 e. The van der Waals surface area contributed by atoms with Crippen molar-refractivity contribution in [3.8, 4) is 11.5 Å². The van der Waals surface area contributed by atoms with E-state index in [0.717, 1.165) is 23.3 Å². The third-order valence-electron chi connectivity index (χ3n) is 6.95. The first-order valence-electron chi connectivity index (χ1n) is 14.1. The summed E-state index contributed by atoms with van der Waals surface area (Å²) < 4.78 is 11.3. The van der Waals surface area contributed by atoms with Gasteiger partial charge in [0.25, 0.3) is 17.7 Å². The second-order valence-corrected chi connectivity index (χ2v) is 10.2. The highest BCUT2D eigenvalue weighted by Gasteiger charge is 2.46.